The molecule has 1 unspecified atom stereocenters. The fourth-order valence-electron chi connectivity index (χ4n) is 2.21. The van der Waals surface area contributed by atoms with Crippen molar-refractivity contribution in [1.82, 2.24) is 14.7 Å². The zero-order valence-electron chi connectivity index (χ0n) is 8.58. The number of nitrogens with one attached hydrogen (secondary N) is 1. The maximum Gasteiger partial charge on any atom is 0.132 e. The van der Waals surface area contributed by atoms with E-state index >= 15 is 0 Å². The molecule has 0 saturated carbocycles. The molecule has 0 bridgehead atoms. The molecule has 1 aliphatic rings. The van der Waals surface area contributed by atoms with Crippen LogP contribution in [0.2, 0.25) is 5.02 Å². The Bertz CT molecular complexity index is 531. The summed E-state index contributed by atoms with van der Waals surface area (Å²) in [6.07, 6.45) is 3.07. The summed E-state index contributed by atoms with van der Waals surface area (Å²) in [6, 6.07) is 3.88. The third-order valence-electron chi connectivity index (χ3n) is 3.01. The number of fused-ring (bicyclic) bond motifs is 1. The van der Waals surface area contributed by atoms with Crippen molar-refractivity contribution in [1.29, 1.82) is 0 Å². The van der Waals surface area contributed by atoms with Gasteiger partial charge in [-0.2, -0.15) is 0 Å². The van der Waals surface area contributed by atoms with Crippen LogP contribution in [0.5, 0.6) is 0 Å². The molecule has 0 spiro atoms. The second-order valence-electron chi connectivity index (χ2n) is 4.05. The van der Waals surface area contributed by atoms with Gasteiger partial charge in [0.15, 0.2) is 0 Å². The molecule has 1 saturated heterocycles. The van der Waals surface area contributed by atoms with Crippen LogP contribution in [0.1, 0.15) is 18.2 Å². The van der Waals surface area contributed by atoms with Crippen LogP contribution >= 0.6 is 27.5 Å². The summed E-state index contributed by atoms with van der Waals surface area (Å²) < 4.78 is 2.98. The molecule has 0 radical (unpaired) electrons. The lowest BCUT2D eigenvalue weighted by molar-refractivity contribution is 0.698. The monoisotopic (exact) mass is 299 g/mol. The van der Waals surface area contributed by atoms with Gasteiger partial charge >= 0.3 is 0 Å². The number of aromatic nitrogens is 2. The van der Waals surface area contributed by atoms with Crippen LogP contribution < -0.4 is 5.32 Å². The quantitative estimate of drug-likeness (QED) is 0.877. The van der Waals surface area contributed by atoms with Gasteiger partial charge in [0.2, 0.25) is 0 Å². The maximum absolute atomic E-state index is 6.03. The average Bonchev–Trinajstić information content (AvgIpc) is 2.86. The highest BCUT2D eigenvalue weighted by molar-refractivity contribution is 9.10. The van der Waals surface area contributed by atoms with Gasteiger partial charge in [-0.05, 0) is 41.0 Å². The number of nitrogens with zero attached hydrogens (tertiary/aromatic N) is 2. The first kappa shape index (κ1) is 10.6. The summed E-state index contributed by atoms with van der Waals surface area (Å²) in [7, 11) is 0. The van der Waals surface area contributed by atoms with Gasteiger partial charge in [-0.25, -0.2) is 4.98 Å². The first-order chi connectivity index (χ1) is 7.75. The normalized spacial score (nSPS) is 20.8. The van der Waals surface area contributed by atoms with Crippen molar-refractivity contribution in [3.63, 3.8) is 0 Å². The van der Waals surface area contributed by atoms with Crippen LogP contribution in [0, 0.1) is 0 Å². The van der Waals surface area contributed by atoms with Crippen LogP contribution in [-0.4, -0.2) is 22.5 Å². The van der Waals surface area contributed by atoms with Gasteiger partial charge in [0.1, 0.15) is 10.4 Å². The molecule has 84 valence electrons. The van der Waals surface area contributed by atoms with Crippen LogP contribution in [0.15, 0.2) is 22.9 Å². The molecule has 1 aliphatic heterocycles. The van der Waals surface area contributed by atoms with Gasteiger partial charge in [-0.1, -0.05) is 11.6 Å². The standard InChI is InChI=1S/C11H11BrClN3/c12-10-9-2-1-8(13)6-16(9)11(15-10)7-3-4-14-5-7/h1-2,6-7,14H,3-5H2. The Labute approximate surface area is 107 Å². The Morgan fingerprint density at radius 3 is 3.12 bits per heavy atom. The Morgan fingerprint density at radius 1 is 1.50 bits per heavy atom. The molecule has 16 heavy (non-hydrogen) atoms. The molecular weight excluding hydrogens is 289 g/mol. The highest BCUT2D eigenvalue weighted by atomic mass is 79.9. The predicted octanol–water partition coefficient (Wildman–Crippen LogP) is 2.83. The summed E-state index contributed by atoms with van der Waals surface area (Å²) in [5, 5.41) is 4.10. The van der Waals surface area contributed by atoms with Crippen molar-refractivity contribution >= 4 is 33.0 Å². The van der Waals surface area contributed by atoms with Crippen LogP contribution in [-0.2, 0) is 0 Å². The SMILES string of the molecule is Clc1ccc2c(Br)nc(C3CCNC3)n2c1. The van der Waals surface area contributed by atoms with E-state index in [9.17, 15) is 0 Å². The average molecular weight is 301 g/mol. The molecule has 1 fully saturated rings. The predicted molar refractivity (Wildman–Crippen MR) is 68.1 cm³/mol. The first-order valence-electron chi connectivity index (χ1n) is 5.29. The van der Waals surface area contributed by atoms with E-state index in [0.29, 0.717) is 5.92 Å². The lowest BCUT2D eigenvalue weighted by Gasteiger charge is -2.07. The number of hydrogen-bond donors (Lipinski definition) is 1. The van der Waals surface area contributed by atoms with Gasteiger partial charge in [0, 0.05) is 18.7 Å². The number of halogens is 2. The topological polar surface area (TPSA) is 29.3 Å². The molecule has 1 atom stereocenters. The third kappa shape index (κ3) is 1.65. The number of pyridine rings is 1. The molecule has 3 rings (SSSR count). The third-order valence-corrected chi connectivity index (χ3v) is 3.82. The van der Waals surface area contributed by atoms with Gasteiger partial charge in [-0.15, -0.1) is 0 Å². The van der Waals surface area contributed by atoms with E-state index in [1.54, 1.807) is 0 Å². The maximum atomic E-state index is 6.03. The van der Waals surface area contributed by atoms with Crippen molar-refractivity contribution in [2.24, 2.45) is 0 Å². The Hall–Kier alpha value is -0.580. The van der Waals surface area contributed by atoms with Gasteiger partial charge in [0.25, 0.3) is 0 Å². The van der Waals surface area contributed by atoms with E-state index in [1.165, 1.54) is 0 Å². The van der Waals surface area contributed by atoms with E-state index in [-0.39, 0.29) is 0 Å². The zero-order valence-corrected chi connectivity index (χ0v) is 10.9. The molecule has 0 aliphatic carbocycles. The molecule has 3 nitrogen and oxygen atoms in total. The molecule has 2 aromatic heterocycles. The molecular formula is C11H11BrClN3. The van der Waals surface area contributed by atoms with E-state index in [4.69, 9.17) is 11.6 Å². The second-order valence-corrected chi connectivity index (χ2v) is 5.24. The van der Waals surface area contributed by atoms with Gasteiger partial charge < -0.3 is 9.72 Å². The Balaban J connectivity index is 2.19. The van der Waals surface area contributed by atoms with Crippen molar-refractivity contribution in [3.05, 3.63) is 33.8 Å². The minimum atomic E-state index is 0.484. The van der Waals surface area contributed by atoms with Gasteiger partial charge in [0.05, 0.1) is 10.5 Å². The number of hydrogen-bond acceptors (Lipinski definition) is 2. The summed E-state index contributed by atoms with van der Waals surface area (Å²) in [6.45, 7) is 2.07. The highest BCUT2D eigenvalue weighted by Crippen LogP contribution is 2.28. The first-order valence-corrected chi connectivity index (χ1v) is 6.46. The number of imidazole rings is 1. The largest absolute Gasteiger partial charge is 0.316 e. The lowest BCUT2D eigenvalue weighted by atomic mass is 10.1. The minimum absolute atomic E-state index is 0.484. The summed E-state index contributed by atoms with van der Waals surface area (Å²) in [5.74, 6) is 1.58. The minimum Gasteiger partial charge on any atom is -0.316 e. The fraction of sp³-hybridized carbons (Fsp3) is 0.364. The Morgan fingerprint density at radius 2 is 2.38 bits per heavy atom. The van der Waals surface area contributed by atoms with Crippen molar-refractivity contribution < 1.29 is 0 Å². The molecule has 0 aromatic carbocycles. The molecule has 5 heteroatoms. The summed E-state index contributed by atoms with van der Waals surface area (Å²) >= 11 is 9.52. The van der Waals surface area contributed by atoms with E-state index in [1.807, 2.05) is 18.3 Å². The summed E-state index contributed by atoms with van der Waals surface area (Å²) in [4.78, 5) is 4.59. The van der Waals surface area contributed by atoms with Crippen LogP contribution in [0.25, 0.3) is 5.52 Å². The fourth-order valence-corrected chi connectivity index (χ4v) is 2.87. The molecule has 2 aromatic rings. The molecule has 3 heterocycles. The van der Waals surface area contributed by atoms with Gasteiger partial charge in [-0.3, -0.25) is 0 Å². The van der Waals surface area contributed by atoms with Crippen LogP contribution in [0.4, 0.5) is 0 Å². The Kier molecular flexibility index (Phi) is 2.65. The zero-order chi connectivity index (χ0) is 11.1. The number of rotatable bonds is 1. The highest BCUT2D eigenvalue weighted by Gasteiger charge is 2.22. The summed E-state index contributed by atoms with van der Waals surface area (Å²) in [5.41, 5.74) is 1.08. The smallest absolute Gasteiger partial charge is 0.132 e. The van der Waals surface area contributed by atoms with E-state index in [2.05, 4.69) is 30.6 Å². The van der Waals surface area contributed by atoms with Crippen molar-refractivity contribution in [3.8, 4) is 0 Å². The van der Waals surface area contributed by atoms with E-state index in [0.717, 1.165) is 40.5 Å². The van der Waals surface area contributed by atoms with E-state index < -0.39 is 0 Å². The molecule has 0 amide bonds. The molecule has 1 N–H and O–H groups in total. The van der Waals surface area contributed by atoms with Crippen molar-refractivity contribution in [2.45, 2.75) is 12.3 Å². The lowest BCUT2D eigenvalue weighted by Crippen LogP contribution is -2.10. The van der Waals surface area contributed by atoms with Crippen molar-refractivity contribution in [2.75, 3.05) is 13.1 Å². The second kappa shape index (κ2) is 4.02. The van der Waals surface area contributed by atoms with Crippen LogP contribution in [0.3, 0.4) is 0 Å².